The quantitative estimate of drug-likeness (QED) is 0.710. The van der Waals surface area contributed by atoms with Gasteiger partial charge < -0.3 is 4.42 Å². The predicted octanol–water partition coefficient (Wildman–Crippen LogP) is 3.89. The molecule has 0 aliphatic heterocycles. The summed E-state index contributed by atoms with van der Waals surface area (Å²) in [5.41, 5.74) is 0.935. The van der Waals surface area contributed by atoms with E-state index in [9.17, 15) is 0 Å². The molecule has 1 rings (SSSR count). The van der Waals surface area contributed by atoms with Crippen molar-refractivity contribution < 1.29 is 4.42 Å². The molecule has 94 valence electrons. The predicted molar refractivity (Wildman–Crippen MR) is 74.9 cm³/mol. The van der Waals surface area contributed by atoms with Gasteiger partial charge in [-0.25, -0.2) is 0 Å². The van der Waals surface area contributed by atoms with Gasteiger partial charge in [-0.05, 0) is 13.8 Å². The van der Waals surface area contributed by atoms with Crippen molar-refractivity contribution in [2.24, 2.45) is 0 Å². The minimum absolute atomic E-state index is 0.554. The fourth-order valence-electron chi connectivity index (χ4n) is 1.20. The second-order valence-corrected chi connectivity index (χ2v) is 3.63. The first-order chi connectivity index (χ1) is 8.77. The van der Waals surface area contributed by atoms with Gasteiger partial charge in [0.05, 0.1) is 0 Å². The van der Waals surface area contributed by atoms with Gasteiger partial charge in [-0.3, -0.25) is 0 Å². The van der Waals surface area contributed by atoms with Crippen LogP contribution in [-0.2, 0) is 6.42 Å². The van der Waals surface area contributed by atoms with E-state index in [0.29, 0.717) is 18.2 Å². The van der Waals surface area contributed by atoms with E-state index in [-0.39, 0.29) is 0 Å². The van der Waals surface area contributed by atoms with Crippen LogP contribution in [0.3, 0.4) is 0 Å². The highest BCUT2D eigenvalue weighted by molar-refractivity contribution is 5.57. The molecular formula is C15H18N2O. The van der Waals surface area contributed by atoms with E-state index in [1.807, 2.05) is 56.4 Å². The highest BCUT2D eigenvalue weighted by atomic mass is 16.4. The summed E-state index contributed by atoms with van der Waals surface area (Å²) in [4.78, 5) is 0. The molecule has 1 heterocycles. The lowest BCUT2D eigenvalue weighted by Crippen LogP contribution is -1.79. The first kappa shape index (κ1) is 13.9. The molecule has 3 nitrogen and oxygen atoms in total. The van der Waals surface area contributed by atoms with Gasteiger partial charge in [0.25, 0.3) is 0 Å². The number of allylic oxidation sites excluding steroid dienone is 9. The minimum Gasteiger partial charge on any atom is -0.421 e. The van der Waals surface area contributed by atoms with Gasteiger partial charge in [0.1, 0.15) is 0 Å². The molecule has 0 aliphatic carbocycles. The molecule has 3 heteroatoms. The van der Waals surface area contributed by atoms with Crippen molar-refractivity contribution in [1.82, 2.24) is 10.2 Å². The summed E-state index contributed by atoms with van der Waals surface area (Å²) in [7, 11) is 0. The zero-order chi connectivity index (χ0) is 13.2. The molecule has 0 atom stereocenters. The molecule has 0 saturated heterocycles. The summed E-state index contributed by atoms with van der Waals surface area (Å²) in [6.45, 7) is 7.51. The molecule has 0 bridgehead atoms. The maximum atomic E-state index is 5.53. The van der Waals surface area contributed by atoms with Crippen LogP contribution in [0.15, 0.2) is 59.6 Å². The van der Waals surface area contributed by atoms with Crippen LogP contribution < -0.4 is 0 Å². The summed E-state index contributed by atoms with van der Waals surface area (Å²) in [6, 6.07) is 0. The molecule has 0 radical (unpaired) electrons. The second kappa shape index (κ2) is 8.01. The van der Waals surface area contributed by atoms with Crippen LogP contribution in [0.5, 0.6) is 0 Å². The molecule has 0 aliphatic rings. The normalized spacial score (nSPS) is 13.1. The van der Waals surface area contributed by atoms with Crippen LogP contribution in [0, 0.1) is 0 Å². The Morgan fingerprint density at radius 2 is 2.06 bits per heavy atom. The number of hydrogen-bond acceptors (Lipinski definition) is 3. The Bertz CT molecular complexity index is 490. The lowest BCUT2D eigenvalue weighted by molar-refractivity contribution is 0.495. The van der Waals surface area contributed by atoms with Gasteiger partial charge >= 0.3 is 0 Å². The van der Waals surface area contributed by atoms with Crippen LogP contribution in [0.25, 0.3) is 5.57 Å². The topological polar surface area (TPSA) is 38.9 Å². The molecule has 18 heavy (non-hydrogen) atoms. The van der Waals surface area contributed by atoms with Crippen molar-refractivity contribution >= 4 is 5.57 Å². The summed E-state index contributed by atoms with van der Waals surface area (Å²) >= 11 is 0. The highest BCUT2D eigenvalue weighted by Crippen LogP contribution is 2.12. The Morgan fingerprint density at radius 3 is 2.78 bits per heavy atom. The van der Waals surface area contributed by atoms with Crippen molar-refractivity contribution in [3.8, 4) is 0 Å². The van der Waals surface area contributed by atoms with Crippen molar-refractivity contribution in [1.29, 1.82) is 0 Å². The standard InChI is InChI=1S/C15H18N2O/c1-4-6-8-10-12-14-16-17-15(18-14)13(3)11-9-7-5-2/h4-11H,2,12H2,1,3H3/b6-4-,9-7-,10-8-,13-11+. The SMILES string of the molecule is C=C/C=C\C=C(/C)c1nnc(C/C=C\C=C/C)o1. The number of aromatic nitrogens is 2. The molecule has 1 aromatic heterocycles. The Labute approximate surface area is 108 Å². The third-order valence-corrected chi connectivity index (χ3v) is 2.13. The molecule has 0 unspecified atom stereocenters. The van der Waals surface area contributed by atoms with E-state index < -0.39 is 0 Å². The Hall–Kier alpha value is -2.16. The van der Waals surface area contributed by atoms with Gasteiger partial charge in [-0.1, -0.05) is 55.2 Å². The van der Waals surface area contributed by atoms with Crippen LogP contribution in [-0.4, -0.2) is 10.2 Å². The Balaban J connectivity index is 2.65. The van der Waals surface area contributed by atoms with Crippen molar-refractivity contribution in [2.45, 2.75) is 20.3 Å². The van der Waals surface area contributed by atoms with E-state index in [1.54, 1.807) is 6.08 Å². The van der Waals surface area contributed by atoms with E-state index in [0.717, 1.165) is 5.57 Å². The van der Waals surface area contributed by atoms with Crippen LogP contribution >= 0.6 is 0 Å². The number of hydrogen-bond donors (Lipinski definition) is 0. The van der Waals surface area contributed by atoms with Crippen molar-refractivity contribution in [3.63, 3.8) is 0 Å². The maximum Gasteiger partial charge on any atom is 0.243 e. The van der Waals surface area contributed by atoms with Gasteiger partial charge in [-0.15, -0.1) is 10.2 Å². The van der Waals surface area contributed by atoms with Crippen molar-refractivity contribution in [3.05, 3.63) is 67.0 Å². The summed E-state index contributed by atoms with van der Waals surface area (Å²) in [6.07, 6.45) is 15.9. The van der Waals surface area contributed by atoms with Crippen molar-refractivity contribution in [2.75, 3.05) is 0 Å². The maximum absolute atomic E-state index is 5.53. The molecular weight excluding hydrogens is 224 g/mol. The highest BCUT2D eigenvalue weighted by Gasteiger charge is 2.05. The lowest BCUT2D eigenvalue weighted by Gasteiger charge is -1.90. The Kier molecular flexibility index (Phi) is 6.19. The average Bonchev–Trinajstić information content (AvgIpc) is 2.84. The number of nitrogens with zero attached hydrogens (tertiary/aromatic N) is 2. The van der Waals surface area contributed by atoms with E-state index in [1.165, 1.54) is 0 Å². The summed E-state index contributed by atoms with van der Waals surface area (Å²) in [5, 5.41) is 7.98. The molecule has 0 spiro atoms. The largest absolute Gasteiger partial charge is 0.421 e. The third-order valence-electron chi connectivity index (χ3n) is 2.13. The molecule has 0 amide bonds. The summed E-state index contributed by atoms with van der Waals surface area (Å²) in [5.74, 6) is 1.17. The molecule has 0 saturated carbocycles. The molecule has 0 N–H and O–H groups in total. The van der Waals surface area contributed by atoms with Gasteiger partial charge in [0, 0.05) is 12.0 Å². The van der Waals surface area contributed by atoms with E-state index in [2.05, 4.69) is 16.8 Å². The fraction of sp³-hybridized carbons (Fsp3) is 0.200. The van der Waals surface area contributed by atoms with Crippen LogP contribution in [0.2, 0.25) is 0 Å². The van der Waals surface area contributed by atoms with E-state index in [4.69, 9.17) is 4.42 Å². The lowest BCUT2D eigenvalue weighted by atomic mass is 10.3. The third kappa shape index (κ3) is 4.78. The second-order valence-electron chi connectivity index (χ2n) is 3.63. The zero-order valence-corrected chi connectivity index (χ0v) is 10.8. The molecule has 1 aromatic rings. The first-order valence-electron chi connectivity index (χ1n) is 5.84. The first-order valence-corrected chi connectivity index (χ1v) is 5.84. The van der Waals surface area contributed by atoms with Crippen LogP contribution in [0.4, 0.5) is 0 Å². The smallest absolute Gasteiger partial charge is 0.243 e. The molecule has 0 aromatic carbocycles. The van der Waals surface area contributed by atoms with Gasteiger partial charge in [-0.2, -0.15) is 0 Å². The summed E-state index contributed by atoms with van der Waals surface area (Å²) < 4.78 is 5.53. The van der Waals surface area contributed by atoms with Gasteiger partial charge in [0.2, 0.25) is 11.8 Å². The monoisotopic (exact) mass is 242 g/mol. The number of rotatable bonds is 6. The van der Waals surface area contributed by atoms with Gasteiger partial charge in [0.15, 0.2) is 0 Å². The van der Waals surface area contributed by atoms with E-state index >= 15 is 0 Å². The zero-order valence-electron chi connectivity index (χ0n) is 10.8. The van der Waals surface area contributed by atoms with Crippen LogP contribution in [0.1, 0.15) is 25.6 Å². The fourth-order valence-corrected chi connectivity index (χ4v) is 1.20. The molecule has 0 fully saturated rings. The average molecular weight is 242 g/mol. The minimum atomic E-state index is 0.554. The Morgan fingerprint density at radius 1 is 1.22 bits per heavy atom.